The first kappa shape index (κ1) is 16.8. The lowest BCUT2D eigenvalue weighted by atomic mass is 10.1. The molecule has 2 N–H and O–H groups in total. The molecule has 0 atom stereocenters. The van der Waals surface area contributed by atoms with E-state index in [1.165, 1.54) is 12.3 Å². The molecule has 2 aromatic rings. The number of rotatable bonds is 5. The number of benzene rings is 1. The summed E-state index contributed by atoms with van der Waals surface area (Å²) >= 11 is 0. The molecule has 3 rings (SSSR count). The van der Waals surface area contributed by atoms with Crippen molar-refractivity contribution < 1.29 is 23.9 Å². The summed E-state index contributed by atoms with van der Waals surface area (Å²) in [5, 5.41) is 11.6. The highest BCUT2D eigenvalue weighted by Crippen LogP contribution is 2.21. The molecule has 0 unspecified atom stereocenters. The maximum absolute atomic E-state index is 12.2. The zero-order valence-corrected chi connectivity index (χ0v) is 13.5. The van der Waals surface area contributed by atoms with Crippen molar-refractivity contribution in [2.24, 2.45) is 0 Å². The van der Waals surface area contributed by atoms with E-state index in [1.807, 2.05) is 0 Å². The minimum absolute atomic E-state index is 0.0141. The monoisotopic (exact) mass is 342 g/mol. The predicted octanol–water partition coefficient (Wildman–Crippen LogP) is 2.42. The number of amides is 2. The molecule has 25 heavy (non-hydrogen) atoms. The minimum atomic E-state index is -1.10. The first-order valence-corrected chi connectivity index (χ1v) is 8.04. The molecule has 0 saturated carbocycles. The van der Waals surface area contributed by atoms with Crippen LogP contribution in [0.5, 0.6) is 0 Å². The predicted molar refractivity (Wildman–Crippen MR) is 89.5 cm³/mol. The highest BCUT2D eigenvalue weighted by molar-refractivity contribution is 5.97. The van der Waals surface area contributed by atoms with Crippen LogP contribution in [-0.4, -0.2) is 29.4 Å². The lowest BCUT2D eigenvalue weighted by Gasteiger charge is -2.26. The van der Waals surface area contributed by atoms with Crippen LogP contribution in [0.25, 0.3) is 0 Å². The fraction of sp³-hybridized carbons (Fsp3) is 0.278. The smallest absolute Gasteiger partial charge is 0.339 e. The van der Waals surface area contributed by atoms with Crippen LogP contribution in [0.2, 0.25) is 0 Å². The van der Waals surface area contributed by atoms with Gasteiger partial charge in [-0.3, -0.25) is 9.59 Å². The maximum atomic E-state index is 12.2. The van der Waals surface area contributed by atoms with Crippen molar-refractivity contribution in [3.8, 4) is 0 Å². The van der Waals surface area contributed by atoms with Gasteiger partial charge in [0.2, 0.25) is 5.91 Å². The normalized spacial score (nSPS) is 14.4. The third-order valence-electron chi connectivity index (χ3n) is 4.15. The number of furan rings is 1. The summed E-state index contributed by atoms with van der Waals surface area (Å²) in [5.41, 5.74) is 1.23. The number of hydrogen-bond acceptors (Lipinski definition) is 4. The van der Waals surface area contributed by atoms with E-state index in [9.17, 15) is 14.4 Å². The van der Waals surface area contributed by atoms with Crippen LogP contribution in [0.4, 0.5) is 5.69 Å². The van der Waals surface area contributed by atoms with Gasteiger partial charge in [-0.25, -0.2) is 4.79 Å². The summed E-state index contributed by atoms with van der Waals surface area (Å²) in [5.74, 6) is -1.16. The van der Waals surface area contributed by atoms with E-state index in [4.69, 9.17) is 9.52 Å². The Morgan fingerprint density at radius 3 is 2.60 bits per heavy atom. The second kappa shape index (κ2) is 7.21. The van der Waals surface area contributed by atoms with Crippen molar-refractivity contribution in [1.29, 1.82) is 0 Å². The molecule has 0 radical (unpaired) electrons. The first-order chi connectivity index (χ1) is 12.1. The van der Waals surface area contributed by atoms with Gasteiger partial charge in [-0.15, -0.1) is 0 Å². The van der Waals surface area contributed by atoms with Crippen molar-refractivity contribution in [1.82, 2.24) is 5.32 Å². The van der Waals surface area contributed by atoms with Crippen LogP contribution in [0, 0.1) is 0 Å². The number of carboxylic acids is 1. The summed E-state index contributed by atoms with van der Waals surface area (Å²) in [6.07, 6.45) is 3.72. The van der Waals surface area contributed by atoms with E-state index in [0.29, 0.717) is 18.5 Å². The fourth-order valence-corrected chi connectivity index (χ4v) is 2.80. The molecule has 7 nitrogen and oxygen atoms in total. The number of nitrogens with one attached hydrogen (secondary N) is 1. The van der Waals surface area contributed by atoms with Crippen LogP contribution in [0.3, 0.4) is 0 Å². The van der Waals surface area contributed by atoms with Crippen molar-refractivity contribution in [3.63, 3.8) is 0 Å². The Kier molecular flexibility index (Phi) is 4.83. The Bertz CT molecular complexity index is 794. The van der Waals surface area contributed by atoms with Crippen LogP contribution in [0.15, 0.2) is 41.0 Å². The van der Waals surface area contributed by atoms with Gasteiger partial charge in [0.15, 0.2) is 0 Å². The van der Waals surface area contributed by atoms with Gasteiger partial charge in [-0.1, -0.05) is 0 Å². The number of aromatic carboxylic acids is 1. The second-order valence-corrected chi connectivity index (χ2v) is 5.79. The van der Waals surface area contributed by atoms with Gasteiger partial charge in [-0.05, 0) is 43.2 Å². The molecule has 1 aromatic heterocycles. The Labute approximate surface area is 144 Å². The second-order valence-electron chi connectivity index (χ2n) is 5.79. The van der Waals surface area contributed by atoms with Crippen molar-refractivity contribution in [2.45, 2.75) is 25.8 Å². The minimum Gasteiger partial charge on any atom is -0.478 e. The molecule has 130 valence electrons. The van der Waals surface area contributed by atoms with Crippen LogP contribution in [-0.2, 0) is 11.3 Å². The molecule has 1 aromatic carbocycles. The average Bonchev–Trinajstić information content (AvgIpc) is 3.09. The van der Waals surface area contributed by atoms with Gasteiger partial charge in [0.25, 0.3) is 5.91 Å². The zero-order valence-electron chi connectivity index (χ0n) is 13.5. The summed E-state index contributed by atoms with van der Waals surface area (Å²) < 4.78 is 5.08. The fourth-order valence-electron chi connectivity index (χ4n) is 2.80. The molecule has 1 fully saturated rings. The van der Waals surface area contributed by atoms with Gasteiger partial charge in [0.1, 0.15) is 11.3 Å². The Hall–Kier alpha value is -3.09. The quantitative estimate of drug-likeness (QED) is 0.869. The first-order valence-electron chi connectivity index (χ1n) is 8.04. The molecule has 1 aliphatic rings. The summed E-state index contributed by atoms with van der Waals surface area (Å²) in [4.78, 5) is 36.9. The molecule has 0 aliphatic carbocycles. The molecule has 1 saturated heterocycles. The highest BCUT2D eigenvalue weighted by Gasteiger charge is 2.20. The summed E-state index contributed by atoms with van der Waals surface area (Å²) in [7, 11) is 0. The Morgan fingerprint density at radius 1 is 1.16 bits per heavy atom. The molecule has 7 heteroatoms. The number of carbonyl (C=O) groups excluding carboxylic acids is 2. The number of anilines is 1. The number of nitrogens with zero attached hydrogens (tertiary/aromatic N) is 1. The standard InChI is InChI=1S/C18H18N2O5/c21-16-3-1-2-9-20(16)13-6-4-12(5-7-13)17(22)19-11-15-14(18(23)24)8-10-25-15/h4-8,10H,1-3,9,11H2,(H,19,22)(H,23,24). The SMILES string of the molecule is O=C(NCc1occc1C(=O)O)c1ccc(N2CCCCC2=O)cc1. The van der Waals surface area contributed by atoms with Gasteiger partial charge >= 0.3 is 5.97 Å². The molecule has 2 heterocycles. The van der Waals surface area contributed by atoms with Crippen molar-refractivity contribution >= 4 is 23.5 Å². The van der Waals surface area contributed by atoms with E-state index in [0.717, 1.165) is 18.5 Å². The molecule has 0 bridgehead atoms. The molecule has 2 amide bonds. The van der Waals surface area contributed by atoms with Gasteiger partial charge in [0.05, 0.1) is 12.8 Å². The molecule has 1 aliphatic heterocycles. The lowest BCUT2D eigenvalue weighted by Crippen LogP contribution is -2.35. The third kappa shape index (κ3) is 3.71. The van der Waals surface area contributed by atoms with Crippen LogP contribution < -0.4 is 10.2 Å². The number of carbonyl (C=O) groups is 3. The Morgan fingerprint density at radius 2 is 1.92 bits per heavy atom. The van der Waals surface area contributed by atoms with E-state index in [-0.39, 0.29) is 29.7 Å². The van der Waals surface area contributed by atoms with E-state index in [2.05, 4.69) is 5.32 Å². The van der Waals surface area contributed by atoms with E-state index >= 15 is 0 Å². The highest BCUT2D eigenvalue weighted by atomic mass is 16.4. The molecular formula is C18H18N2O5. The third-order valence-corrected chi connectivity index (χ3v) is 4.15. The van der Waals surface area contributed by atoms with Crippen LogP contribution in [0.1, 0.15) is 45.7 Å². The largest absolute Gasteiger partial charge is 0.478 e. The maximum Gasteiger partial charge on any atom is 0.339 e. The van der Waals surface area contributed by atoms with Crippen molar-refractivity contribution in [2.75, 3.05) is 11.4 Å². The van der Waals surface area contributed by atoms with Crippen LogP contribution >= 0.6 is 0 Å². The lowest BCUT2D eigenvalue weighted by molar-refractivity contribution is -0.119. The zero-order chi connectivity index (χ0) is 17.8. The molecule has 0 spiro atoms. The topological polar surface area (TPSA) is 99.8 Å². The van der Waals surface area contributed by atoms with E-state index < -0.39 is 5.97 Å². The average molecular weight is 342 g/mol. The Balaban J connectivity index is 1.63. The molecular weight excluding hydrogens is 324 g/mol. The number of hydrogen-bond donors (Lipinski definition) is 2. The van der Waals surface area contributed by atoms with Crippen molar-refractivity contribution in [3.05, 3.63) is 53.5 Å². The summed E-state index contributed by atoms with van der Waals surface area (Å²) in [6.45, 7) is 0.681. The van der Waals surface area contributed by atoms with Gasteiger partial charge in [-0.2, -0.15) is 0 Å². The number of piperidine rings is 1. The van der Waals surface area contributed by atoms with E-state index in [1.54, 1.807) is 29.2 Å². The van der Waals surface area contributed by atoms with Gasteiger partial charge < -0.3 is 19.7 Å². The number of carboxylic acid groups (broad SMARTS) is 1. The van der Waals surface area contributed by atoms with Gasteiger partial charge in [0, 0.05) is 24.2 Å². The summed E-state index contributed by atoms with van der Waals surface area (Å²) in [6, 6.07) is 8.12.